The van der Waals surface area contributed by atoms with Crippen molar-refractivity contribution in [1.29, 1.82) is 0 Å². The Bertz CT molecular complexity index is 412. The summed E-state index contributed by atoms with van der Waals surface area (Å²) in [4.78, 5) is 6.23. The Morgan fingerprint density at radius 1 is 1.65 bits per heavy atom. The molecular formula is C11H15ClFN3S. The molecule has 0 aromatic carbocycles. The molecule has 1 aromatic heterocycles. The predicted octanol–water partition coefficient (Wildman–Crippen LogP) is 2.77. The summed E-state index contributed by atoms with van der Waals surface area (Å²) < 4.78 is 13.7. The van der Waals surface area contributed by atoms with E-state index in [0.717, 1.165) is 0 Å². The fourth-order valence-corrected chi connectivity index (χ4v) is 1.69. The minimum Gasteiger partial charge on any atom is -0.393 e. The van der Waals surface area contributed by atoms with Crippen LogP contribution in [-0.4, -0.2) is 22.6 Å². The molecule has 2 N–H and O–H groups in total. The van der Waals surface area contributed by atoms with Crippen LogP contribution in [0.3, 0.4) is 0 Å². The molecule has 3 nitrogen and oxygen atoms in total. The van der Waals surface area contributed by atoms with Crippen molar-refractivity contribution in [1.82, 2.24) is 4.98 Å². The molecule has 0 atom stereocenters. The van der Waals surface area contributed by atoms with Gasteiger partial charge in [-0.1, -0.05) is 23.8 Å². The van der Waals surface area contributed by atoms with E-state index in [1.165, 1.54) is 12.3 Å². The first kappa shape index (κ1) is 14.1. The first-order valence-electron chi connectivity index (χ1n) is 5.27. The van der Waals surface area contributed by atoms with E-state index in [0.29, 0.717) is 18.0 Å². The highest BCUT2D eigenvalue weighted by Crippen LogP contribution is 2.21. The molecule has 6 heteroatoms. The van der Waals surface area contributed by atoms with E-state index in [1.807, 2.05) is 18.7 Å². The van der Waals surface area contributed by atoms with Gasteiger partial charge in [-0.05, 0) is 19.9 Å². The summed E-state index contributed by atoms with van der Waals surface area (Å²) in [6, 6.07) is 1.35. The van der Waals surface area contributed by atoms with Crippen molar-refractivity contribution >= 4 is 34.6 Å². The minimum atomic E-state index is -0.436. The Labute approximate surface area is 111 Å². The van der Waals surface area contributed by atoms with E-state index in [-0.39, 0.29) is 16.9 Å². The lowest BCUT2D eigenvalue weighted by Gasteiger charge is -2.28. The van der Waals surface area contributed by atoms with Gasteiger partial charge in [0, 0.05) is 25.2 Å². The van der Waals surface area contributed by atoms with Crippen LogP contribution in [0.5, 0.6) is 0 Å². The summed E-state index contributed by atoms with van der Waals surface area (Å²) in [5.74, 6) is -0.158. The maximum Gasteiger partial charge on any atom is 0.167 e. The molecule has 0 radical (unpaired) electrons. The van der Waals surface area contributed by atoms with Crippen molar-refractivity contribution in [3.8, 4) is 0 Å². The zero-order valence-electron chi connectivity index (χ0n) is 9.78. The quantitative estimate of drug-likeness (QED) is 0.839. The molecule has 94 valence electrons. The van der Waals surface area contributed by atoms with Crippen LogP contribution in [-0.2, 0) is 0 Å². The highest BCUT2D eigenvalue weighted by Gasteiger charge is 2.16. The molecule has 0 bridgehead atoms. The molecule has 0 amide bonds. The zero-order valence-corrected chi connectivity index (χ0v) is 11.4. The molecule has 0 spiro atoms. The van der Waals surface area contributed by atoms with Gasteiger partial charge in [0.05, 0.1) is 10.0 Å². The second-order valence-electron chi connectivity index (χ2n) is 3.96. The monoisotopic (exact) mass is 275 g/mol. The van der Waals surface area contributed by atoms with Crippen molar-refractivity contribution in [3.05, 3.63) is 23.1 Å². The van der Waals surface area contributed by atoms with Crippen LogP contribution in [0.2, 0.25) is 5.02 Å². The van der Waals surface area contributed by atoms with Crippen LogP contribution in [0.15, 0.2) is 12.3 Å². The zero-order chi connectivity index (χ0) is 13.0. The number of hydrogen-bond donors (Lipinski definition) is 1. The number of nitrogens with two attached hydrogens (primary N) is 1. The molecule has 0 aliphatic carbocycles. The molecule has 0 aliphatic heterocycles. The molecule has 1 aromatic rings. The van der Waals surface area contributed by atoms with Crippen molar-refractivity contribution in [2.45, 2.75) is 26.3 Å². The van der Waals surface area contributed by atoms with Gasteiger partial charge in [-0.3, -0.25) is 0 Å². The summed E-state index contributed by atoms with van der Waals surface area (Å²) in [5.41, 5.74) is 5.45. The highest BCUT2D eigenvalue weighted by molar-refractivity contribution is 7.80. The Morgan fingerprint density at radius 3 is 2.76 bits per heavy atom. The fourth-order valence-electron chi connectivity index (χ4n) is 1.46. The van der Waals surface area contributed by atoms with Crippen molar-refractivity contribution in [3.63, 3.8) is 0 Å². The van der Waals surface area contributed by atoms with Gasteiger partial charge in [-0.25, -0.2) is 9.37 Å². The predicted molar refractivity (Wildman–Crippen MR) is 73.1 cm³/mol. The molecule has 0 aliphatic rings. The third kappa shape index (κ3) is 4.09. The molecular weight excluding hydrogens is 261 g/mol. The number of nitrogens with zero attached hydrogens (tertiary/aromatic N) is 2. The van der Waals surface area contributed by atoms with E-state index in [9.17, 15) is 4.39 Å². The summed E-state index contributed by atoms with van der Waals surface area (Å²) in [7, 11) is 0. The molecule has 17 heavy (non-hydrogen) atoms. The van der Waals surface area contributed by atoms with E-state index < -0.39 is 5.82 Å². The number of thiocarbonyl (C=S) groups is 1. The van der Waals surface area contributed by atoms with Gasteiger partial charge in [0.25, 0.3) is 0 Å². The number of pyridine rings is 1. The van der Waals surface area contributed by atoms with E-state index in [4.69, 9.17) is 29.6 Å². The van der Waals surface area contributed by atoms with Crippen LogP contribution in [0.25, 0.3) is 0 Å². The van der Waals surface area contributed by atoms with Crippen molar-refractivity contribution < 1.29 is 4.39 Å². The molecule has 0 unspecified atom stereocenters. The van der Waals surface area contributed by atoms with Gasteiger partial charge in [-0.2, -0.15) is 0 Å². The van der Waals surface area contributed by atoms with Gasteiger partial charge in [0.2, 0.25) is 0 Å². The largest absolute Gasteiger partial charge is 0.393 e. The Morgan fingerprint density at radius 2 is 2.29 bits per heavy atom. The smallest absolute Gasteiger partial charge is 0.167 e. The Balaban J connectivity index is 2.93. The van der Waals surface area contributed by atoms with Gasteiger partial charge in [0.1, 0.15) is 0 Å². The average molecular weight is 276 g/mol. The van der Waals surface area contributed by atoms with Gasteiger partial charge in [0.15, 0.2) is 11.6 Å². The van der Waals surface area contributed by atoms with E-state index in [1.54, 1.807) is 0 Å². The van der Waals surface area contributed by atoms with Crippen LogP contribution >= 0.6 is 23.8 Å². The lowest BCUT2D eigenvalue weighted by molar-refractivity contribution is 0.592. The summed E-state index contributed by atoms with van der Waals surface area (Å²) in [6.07, 6.45) is 1.95. The van der Waals surface area contributed by atoms with Gasteiger partial charge < -0.3 is 10.6 Å². The normalized spacial score (nSPS) is 10.6. The number of hydrogen-bond acceptors (Lipinski definition) is 3. The van der Waals surface area contributed by atoms with Gasteiger partial charge >= 0.3 is 0 Å². The van der Waals surface area contributed by atoms with Crippen molar-refractivity contribution in [2.24, 2.45) is 5.73 Å². The number of anilines is 1. The Hall–Kier alpha value is -0.940. The fraction of sp³-hybridized carbons (Fsp3) is 0.455. The van der Waals surface area contributed by atoms with E-state index >= 15 is 0 Å². The van der Waals surface area contributed by atoms with Crippen molar-refractivity contribution in [2.75, 3.05) is 11.4 Å². The van der Waals surface area contributed by atoms with Crippen LogP contribution in [0.1, 0.15) is 20.3 Å². The lowest BCUT2D eigenvalue weighted by atomic mass is 10.2. The van der Waals surface area contributed by atoms with Crippen LogP contribution in [0, 0.1) is 5.82 Å². The average Bonchev–Trinajstić information content (AvgIpc) is 2.20. The molecule has 1 rings (SSSR count). The van der Waals surface area contributed by atoms with Crippen LogP contribution < -0.4 is 10.6 Å². The maximum atomic E-state index is 13.7. The topological polar surface area (TPSA) is 42.1 Å². The maximum absolute atomic E-state index is 13.7. The Kier molecular flexibility index (Phi) is 5.08. The summed E-state index contributed by atoms with van der Waals surface area (Å²) >= 11 is 10.5. The molecule has 0 saturated carbocycles. The molecule has 1 heterocycles. The molecule has 0 saturated heterocycles. The van der Waals surface area contributed by atoms with Gasteiger partial charge in [-0.15, -0.1) is 0 Å². The van der Waals surface area contributed by atoms with Crippen LogP contribution in [0.4, 0.5) is 10.2 Å². The number of rotatable bonds is 5. The second kappa shape index (κ2) is 6.12. The summed E-state index contributed by atoms with van der Waals surface area (Å²) in [5, 5.41) is 0.282. The SMILES string of the molecule is CC(C)N(CCC(N)=S)c1ncc(Cl)cc1F. The highest BCUT2D eigenvalue weighted by atomic mass is 35.5. The first-order valence-corrected chi connectivity index (χ1v) is 6.06. The van der Waals surface area contributed by atoms with E-state index in [2.05, 4.69) is 4.98 Å². The first-order chi connectivity index (χ1) is 7.91. The summed E-state index contributed by atoms with van der Waals surface area (Å²) in [6.45, 7) is 4.45. The molecule has 0 fully saturated rings. The second-order valence-corrected chi connectivity index (χ2v) is 4.92. The third-order valence-corrected chi connectivity index (χ3v) is 2.69. The number of halogens is 2. The third-order valence-electron chi connectivity index (χ3n) is 2.28. The standard InChI is InChI=1S/C11H15ClFN3S/c1-7(2)16(4-3-10(14)17)11-9(13)5-8(12)6-15-11/h5-7H,3-4H2,1-2H3,(H2,14,17). The minimum absolute atomic E-state index is 0.104. The number of aromatic nitrogens is 1. The lowest BCUT2D eigenvalue weighted by Crippen LogP contribution is -2.35.